The smallest absolute Gasteiger partial charge is 0.252 e. The van der Waals surface area contributed by atoms with Crippen LogP contribution in [0.15, 0.2) is 54.6 Å². The van der Waals surface area contributed by atoms with Crippen molar-refractivity contribution >= 4 is 28.5 Å². The van der Waals surface area contributed by atoms with Gasteiger partial charge in [-0.15, -0.1) is 0 Å². The topological polar surface area (TPSA) is 29.1 Å². The van der Waals surface area contributed by atoms with Gasteiger partial charge >= 0.3 is 0 Å². The Morgan fingerprint density at radius 2 is 1.67 bits per heavy atom. The molecule has 0 bridgehead atoms. The molecule has 110 valence electrons. The molecule has 1 amide bonds. The Labute approximate surface area is 140 Å². The van der Waals surface area contributed by atoms with Crippen LogP contribution in [0.25, 0.3) is 0 Å². The zero-order chi connectivity index (χ0) is 15.3. The van der Waals surface area contributed by atoms with Gasteiger partial charge in [-0.05, 0) is 67.0 Å². The molecule has 3 heteroatoms. The van der Waals surface area contributed by atoms with Crippen molar-refractivity contribution in [1.82, 2.24) is 5.32 Å². The molecule has 0 saturated heterocycles. The van der Waals surface area contributed by atoms with E-state index in [9.17, 15) is 4.79 Å². The molecule has 2 nitrogen and oxygen atoms in total. The van der Waals surface area contributed by atoms with Gasteiger partial charge < -0.3 is 5.32 Å². The van der Waals surface area contributed by atoms with Crippen molar-refractivity contribution in [3.8, 4) is 0 Å². The van der Waals surface area contributed by atoms with Crippen molar-refractivity contribution < 1.29 is 4.79 Å². The van der Waals surface area contributed by atoms with Crippen LogP contribution in [0.3, 0.4) is 0 Å². The summed E-state index contributed by atoms with van der Waals surface area (Å²) in [4.78, 5) is 12.4. The van der Waals surface area contributed by atoms with Gasteiger partial charge in [0, 0.05) is 9.11 Å². The van der Waals surface area contributed by atoms with E-state index in [4.69, 9.17) is 0 Å². The second-order valence-electron chi connectivity index (χ2n) is 5.80. The number of benzene rings is 2. The third-order valence-electron chi connectivity index (χ3n) is 3.45. The van der Waals surface area contributed by atoms with E-state index in [2.05, 4.69) is 53.9 Å². The van der Waals surface area contributed by atoms with Crippen LogP contribution in [0, 0.1) is 3.57 Å². The van der Waals surface area contributed by atoms with Crippen molar-refractivity contribution in [3.05, 3.63) is 69.3 Å². The maximum atomic E-state index is 12.4. The van der Waals surface area contributed by atoms with Gasteiger partial charge in [-0.2, -0.15) is 0 Å². The van der Waals surface area contributed by atoms with Crippen molar-refractivity contribution in [2.24, 2.45) is 0 Å². The van der Waals surface area contributed by atoms with Gasteiger partial charge in [-0.25, -0.2) is 0 Å². The molecule has 0 spiro atoms. The second-order valence-corrected chi connectivity index (χ2v) is 6.97. The Balaban J connectivity index is 1.97. The Morgan fingerprint density at radius 3 is 2.33 bits per heavy atom. The lowest BCUT2D eigenvalue weighted by Crippen LogP contribution is -2.44. The zero-order valence-electron chi connectivity index (χ0n) is 12.4. The highest BCUT2D eigenvalue weighted by Gasteiger charge is 2.21. The standard InChI is InChI=1S/C18H20INO/c1-18(2,13-12-14-8-4-3-5-9-14)20-17(21)15-10-6-7-11-16(15)19/h3-11H,12-13H2,1-2H3,(H,20,21). The highest BCUT2D eigenvalue weighted by Crippen LogP contribution is 2.17. The van der Waals surface area contributed by atoms with Gasteiger partial charge in [0.05, 0.1) is 5.56 Å². The molecule has 2 rings (SSSR count). The van der Waals surface area contributed by atoms with Crippen LogP contribution < -0.4 is 5.32 Å². The van der Waals surface area contributed by atoms with Crippen molar-refractivity contribution in [3.63, 3.8) is 0 Å². The first-order valence-corrected chi connectivity index (χ1v) is 8.17. The van der Waals surface area contributed by atoms with Gasteiger partial charge in [0.25, 0.3) is 5.91 Å². The fourth-order valence-electron chi connectivity index (χ4n) is 2.18. The summed E-state index contributed by atoms with van der Waals surface area (Å²) in [5, 5.41) is 3.14. The van der Waals surface area contributed by atoms with Gasteiger partial charge in [0.2, 0.25) is 0 Å². The molecule has 1 N–H and O–H groups in total. The van der Waals surface area contributed by atoms with Gasteiger partial charge in [-0.3, -0.25) is 4.79 Å². The number of amides is 1. The Morgan fingerprint density at radius 1 is 1.05 bits per heavy atom. The summed E-state index contributed by atoms with van der Waals surface area (Å²) in [6, 6.07) is 18.0. The number of carbonyl (C=O) groups excluding carboxylic acids is 1. The van der Waals surface area contributed by atoms with E-state index < -0.39 is 0 Å². The summed E-state index contributed by atoms with van der Waals surface area (Å²) in [5.74, 6) is -0.00179. The van der Waals surface area contributed by atoms with Crippen molar-refractivity contribution in [2.45, 2.75) is 32.2 Å². The summed E-state index contributed by atoms with van der Waals surface area (Å²) >= 11 is 2.20. The Hall–Kier alpha value is -1.36. The SMILES string of the molecule is CC(C)(CCc1ccccc1)NC(=O)c1ccccc1I. The molecule has 0 unspecified atom stereocenters. The van der Waals surface area contributed by atoms with Crippen LogP contribution in [-0.4, -0.2) is 11.4 Å². The maximum absolute atomic E-state index is 12.4. The minimum absolute atomic E-state index is 0.00179. The van der Waals surface area contributed by atoms with E-state index in [1.54, 1.807) is 0 Å². The molecule has 0 fully saturated rings. The normalized spacial score (nSPS) is 11.2. The first-order valence-electron chi connectivity index (χ1n) is 7.09. The molecule has 0 aliphatic rings. The lowest BCUT2D eigenvalue weighted by Gasteiger charge is -2.26. The molecule has 2 aromatic carbocycles. The highest BCUT2D eigenvalue weighted by molar-refractivity contribution is 14.1. The maximum Gasteiger partial charge on any atom is 0.252 e. The number of rotatable bonds is 5. The van der Waals surface area contributed by atoms with Crippen molar-refractivity contribution in [1.29, 1.82) is 0 Å². The highest BCUT2D eigenvalue weighted by atomic mass is 127. The molecule has 0 atom stereocenters. The molecular formula is C18H20INO. The number of carbonyl (C=O) groups is 1. The van der Waals surface area contributed by atoms with E-state index in [-0.39, 0.29) is 11.4 Å². The third-order valence-corrected chi connectivity index (χ3v) is 4.39. The molecule has 21 heavy (non-hydrogen) atoms. The predicted octanol–water partition coefficient (Wildman–Crippen LogP) is 4.43. The van der Waals surface area contributed by atoms with E-state index in [1.807, 2.05) is 42.5 Å². The quantitative estimate of drug-likeness (QED) is 0.749. The molecule has 2 aromatic rings. The molecule has 0 aliphatic carbocycles. The monoisotopic (exact) mass is 393 g/mol. The Kier molecular flexibility index (Phi) is 5.39. The van der Waals surface area contributed by atoms with E-state index in [0.29, 0.717) is 0 Å². The molecule has 0 aliphatic heterocycles. The first kappa shape index (κ1) is 16.0. The van der Waals surface area contributed by atoms with Crippen LogP contribution >= 0.6 is 22.6 Å². The number of aryl methyl sites for hydroxylation is 1. The fraction of sp³-hybridized carbons (Fsp3) is 0.278. The second kappa shape index (κ2) is 7.07. The molecule has 0 aromatic heterocycles. The lowest BCUT2D eigenvalue weighted by molar-refractivity contribution is 0.0908. The average Bonchev–Trinajstić information content (AvgIpc) is 2.46. The summed E-state index contributed by atoms with van der Waals surface area (Å²) in [5.41, 5.74) is 1.81. The number of nitrogens with one attached hydrogen (secondary N) is 1. The summed E-state index contributed by atoms with van der Waals surface area (Å²) in [7, 11) is 0. The van der Waals surface area contributed by atoms with Gasteiger partial charge in [-0.1, -0.05) is 42.5 Å². The van der Waals surface area contributed by atoms with Gasteiger partial charge in [0.15, 0.2) is 0 Å². The van der Waals surface area contributed by atoms with Crippen LogP contribution in [0.4, 0.5) is 0 Å². The molecule has 0 radical (unpaired) electrons. The van der Waals surface area contributed by atoms with Crippen LogP contribution in [0.2, 0.25) is 0 Å². The fourth-order valence-corrected chi connectivity index (χ4v) is 2.82. The first-order chi connectivity index (χ1) is 9.98. The molecule has 0 saturated carbocycles. The lowest BCUT2D eigenvalue weighted by atomic mass is 9.95. The number of hydrogen-bond donors (Lipinski definition) is 1. The summed E-state index contributed by atoms with van der Waals surface area (Å²) in [6.07, 6.45) is 1.87. The summed E-state index contributed by atoms with van der Waals surface area (Å²) in [6.45, 7) is 4.15. The van der Waals surface area contributed by atoms with E-state index in [1.165, 1.54) is 5.56 Å². The van der Waals surface area contributed by atoms with E-state index >= 15 is 0 Å². The number of hydrogen-bond acceptors (Lipinski definition) is 1. The largest absolute Gasteiger partial charge is 0.347 e. The molecular weight excluding hydrogens is 373 g/mol. The zero-order valence-corrected chi connectivity index (χ0v) is 14.6. The minimum Gasteiger partial charge on any atom is -0.347 e. The van der Waals surface area contributed by atoms with E-state index in [0.717, 1.165) is 22.0 Å². The van der Waals surface area contributed by atoms with Crippen molar-refractivity contribution in [2.75, 3.05) is 0 Å². The van der Waals surface area contributed by atoms with Crippen LogP contribution in [0.5, 0.6) is 0 Å². The third kappa shape index (κ3) is 4.84. The predicted molar refractivity (Wildman–Crippen MR) is 95.5 cm³/mol. The average molecular weight is 393 g/mol. The Bertz CT molecular complexity index is 608. The number of halogens is 1. The van der Waals surface area contributed by atoms with Crippen LogP contribution in [-0.2, 0) is 6.42 Å². The summed E-state index contributed by atoms with van der Waals surface area (Å²) < 4.78 is 0.978. The molecule has 0 heterocycles. The van der Waals surface area contributed by atoms with Gasteiger partial charge in [0.1, 0.15) is 0 Å². The van der Waals surface area contributed by atoms with Crippen LogP contribution in [0.1, 0.15) is 36.2 Å². The minimum atomic E-state index is -0.230.